The minimum absolute atomic E-state index is 0.193. The lowest BCUT2D eigenvalue weighted by molar-refractivity contribution is 0.569. The molecule has 0 aliphatic carbocycles. The van der Waals surface area contributed by atoms with Gasteiger partial charge in [-0.2, -0.15) is 0 Å². The summed E-state index contributed by atoms with van der Waals surface area (Å²) < 4.78 is 2.56. The van der Waals surface area contributed by atoms with Gasteiger partial charge in [0.1, 0.15) is 0 Å². The predicted molar refractivity (Wildman–Crippen MR) is 69.3 cm³/mol. The van der Waals surface area contributed by atoms with E-state index in [1.54, 1.807) is 10.9 Å². The van der Waals surface area contributed by atoms with Gasteiger partial charge in [-0.05, 0) is 17.7 Å². The Morgan fingerprint density at radius 2 is 2.29 bits per heavy atom. The largest absolute Gasteiger partial charge is 0.271 e. The molecule has 3 N–H and O–H groups in total. The van der Waals surface area contributed by atoms with Crippen LogP contribution in [0.2, 0.25) is 5.02 Å². The molecule has 1 aromatic carbocycles. The first-order valence-electron chi connectivity index (χ1n) is 4.89. The number of hydrazine groups is 1. The van der Waals surface area contributed by atoms with E-state index in [0.29, 0.717) is 5.02 Å². The second-order valence-corrected chi connectivity index (χ2v) is 4.84. The lowest BCUT2D eigenvalue weighted by atomic mass is 10.1. The first-order chi connectivity index (χ1) is 8.13. The highest BCUT2D eigenvalue weighted by molar-refractivity contribution is 9.10. The smallest absolute Gasteiger partial charge is 0.0905 e. The molecule has 0 amide bonds. The van der Waals surface area contributed by atoms with Crippen LogP contribution in [0.1, 0.15) is 17.3 Å². The second-order valence-electron chi connectivity index (χ2n) is 3.55. The van der Waals surface area contributed by atoms with Crippen molar-refractivity contribution >= 4 is 27.5 Å². The highest BCUT2D eigenvalue weighted by atomic mass is 79.9. The van der Waals surface area contributed by atoms with Crippen molar-refractivity contribution in [3.05, 3.63) is 45.1 Å². The van der Waals surface area contributed by atoms with Gasteiger partial charge >= 0.3 is 0 Å². The van der Waals surface area contributed by atoms with Crippen LogP contribution in [0.25, 0.3) is 0 Å². The average Bonchev–Trinajstić information content (AvgIpc) is 2.69. The van der Waals surface area contributed by atoms with Crippen LogP contribution in [0.4, 0.5) is 0 Å². The average molecular weight is 317 g/mol. The molecule has 0 spiro atoms. The van der Waals surface area contributed by atoms with Gasteiger partial charge in [-0.1, -0.05) is 38.8 Å². The Bertz CT molecular complexity index is 527. The topological polar surface area (TPSA) is 68.8 Å². The van der Waals surface area contributed by atoms with E-state index >= 15 is 0 Å². The zero-order valence-electron chi connectivity index (χ0n) is 9.06. The number of hydrogen-bond donors (Lipinski definition) is 2. The third-order valence-electron chi connectivity index (χ3n) is 2.49. The summed E-state index contributed by atoms with van der Waals surface area (Å²) in [4.78, 5) is 0. The number of halogens is 2. The van der Waals surface area contributed by atoms with Crippen molar-refractivity contribution in [1.29, 1.82) is 0 Å². The van der Waals surface area contributed by atoms with Gasteiger partial charge in [0, 0.05) is 16.5 Å². The summed E-state index contributed by atoms with van der Waals surface area (Å²) in [7, 11) is 1.82. The summed E-state index contributed by atoms with van der Waals surface area (Å²) in [6.07, 6.45) is 1.67. The van der Waals surface area contributed by atoms with Crippen molar-refractivity contribution in [1.82, 2.24) is 20.4 Å². The van der Waals surface area contributed by atoms with Crippen LogP contribution in [0.15, 0.2) is 28.9 Å². The van der Waals surface area contributed by atoms with Crippen LogP contribution >= 0.6 is 27.5 Å². The minimum atomic E-state index is -0.193. The van der Waals surface area contributed by atoms with Crippen LogP contribution in [0.5, 0.6) is 0 Å². The van der Waals surface area contributed by atoms with E-state index in [0.717, 1.165) is 15.7 Å². The van der Waals surface area contributed by atoms with Gasteiger partial charge in [0.2, 0.25) is 0 Å². The van der Waals surface area contributed by atoms with Gasteiger partial charge in [-0.25, -0.2) is 5.43 Å². The van der Waals surface area contributed by atoms with E-state index in [9.17, 15) is 0 Å². The van der Waals surface area contributed by atoms with Gasteiger partial charge in [-0.3, -0.25) is 10.5 Å². The Hall–Kier alpha value is -0.950. The zero-order valence-corrected chi connectivity index (χ0v) is 11.4. The van der Waals surface area contributed by atoms with Gasteiger partial charge in [-0.15, -0.1) is 5.10 Å². The highest BCUT2D eigenvalue weighted by Crippen LogP contribution is 2.29. The van der Waals surface area contributed by atoms with Gasteiger partial charge in [0.05, 0.1) is 17.9 Å². The van der Waals surface area contributed by atoms with Gasteiger partial charge in [0.15, 0.2) is 0 Å². The van der Waals surface area contributed by atoms with E-state index < -0.39 is 0 Å². The first-order valence-corrected chi connectivity index (χ1v) is 6.06. The molecule has 0 aliphatic heterocycles. The molecule has 2 rings (SSSR count). The van der Waals surface area contributed by atoms with Crippen LogP contribution < -0.4 is 11.3 Å². The van der Waals surface area contributed by atoms with Crippen molar-refractivity contribution in [3.63, 3.8) is 0 Å². The quantitative estimate of drug-likeness (QED) is 0.669. The van der Waals surface area contributed by atoms with Crippen molar-refractivity contribution in [2.45, 2.75) is 6.04 Å². The highest BCUT2D eigenvalue weighted by Gasteiger charge is 2.19. The Kier molecular flexibility index (Phi) is 3.78. The van der Waals surface area contributed by atoms with Gasteiger partial charge < -0.3 is 0 Å². The van der Waals surface area contributed by atoms with E-state index in [4.69, 9.17) is 17.4 Å². The van der Waals surface area contributed by atoms with Crippen molar-refractivity contribution in [3.8, 4) is 0 Å². The predicted octanol–water partition coefficient (Wildman–Crippen LogP) is 1.78. The summed E-state index contributed by atoms with van der Waals surface area (Å²) in [6, 6.07) is 5.35. The van der Waals surface area contributed by atoms with E-state index in [1.807, 2.05) is 25.2 Å². The summed E-state index contributed by atoms with van der Waals surface area (Å²) in [5.74, 6) is 5.60. The first kappa shape index (κ1) is 12.5. The number of aromatic nitrogens is 3. The molecule has 1 atom stereocenters. The second kappa shape index (κ2) is 5.14. The molecule has 0 bridgehead atoms. The summed E-state index contributed by atoms with van der Waals surface area (Å²) in [6.45, 7) is 0. The lowest BCUT2D eigenvalue weighted by Gasteiger charge is -2.17. The maximum absolute atomic E-state index is 5.91. The normalized spacial score (nSPS) is 12.7. The zero-order chi connectivity index (χ0) is 12.4. The molecule has 17 heavy (non-hydrogen) atoms. The number of nitrogens with two attached hydrogens (primary N) is 1. The molecule has 1 aromatic heterocycles. The van der Waals surface area contributed by atoms with Crippen molar-refractivity contribution in [2.24, 2.45) is 12.9 Å². The minimum Gasteiger partial charge on any atom is -0.271 e. The monoisotopic (exact) mass is 315 g/mol. The summed E-state index contributed by atoms with van der Waals surface area (Å²) in [5.41, 5.74) is 4.59. The number of hydrogen-bond acceptors (Lipinski definition) is 4. The van der Waals surface area contributed by atoms with Crippen LogP contribution in [0.3, 0.4) is 0 Å². The number of aryl methyl sites for hydroxylation is 1. The Morgan fingerprint density at radius 1 is 1.53 bits per heavy atom. The molecule has 0 radical (unpaired) electrons. The van der Waals surface area contributed by atoms with Crippen LogP contribution in [0, 0.1) is 0 Å². The Labute approximate surface area is 112 Å². The van der Waals surface area contributed by atoms with Gasteiger partial charge in [0.25, 0.3) is 0 Å². The fraction of sp³-hybridized carbons (Fsp3) is 0.200. The molecule has 2 aromatic rings. The fourth-order valence-corrected chi connectivity index (χ4v) is 2.54. The molecule has 0 aliphatic rings. The van der Waals surface area contributed by atoms with Crippen molar-refractivity contribution < 1.29 is 0 Å². The SMILES string of the molecule is Cn1nncc1C(NN)c1ccc(Cl)cc1Br. The Morgan fingerprint density at radius 3 is 2.82 bits per heavy atom. The van der Waals surface area contributed by atoms with Crippen LogP contribution in [-0.4, -0.2) is 15.0 Å². The Balaban J connectivity index is 2.46. The number of rotatable bonds is 3. The summed E-state index contributed by atoms with van der Waals surface area (Å²) in [5, 5.41) is 8.39. The maximum atomic E-state index is 5.91. The molecule has 1 heterocycles. The van der Waals surface area contributed by atoms with Crippen molar-refractivity contribution in [2.75, 3.05) is 0 Å². The molecule has 90 valence electrons. The molecule has 1 unspecified atom stereocenters. The lowest BCUT2D eigenvalue weighted by Crippen LogP contribution is -2.30. The third kappa shape index (κ3) is 2.50. The summed E-state index contributed by atoms with van der Waals surface area (Å²) >= 11 is 9.38. The van der Waals surface area contributed by atoms with Crippen LogP contribution in [-0.2, 0) is 7.05 Å². The molecule has 0 saturated heterocycles. The number of benzene rings is 1. The number of nitrogens with zero attached hydrogens (tertiary/aromatic N) is 3. The van der Waals surface area contributed by atoms with E-state index in [1.165, 1.54) is 0 Å². The maximum Gasteiger partial charge on any atom is 0.0905 e. The van der Waals surface area contributed by atoms with E-state index in [-0.39, 0.29) is 6.04 Å². The molecule has 5 nitrogen and oxygen atoms in total. The third-order valence-corrected chi connectivity index (χ3v) is 3.41. The molecule has 0 fully saturated rings. The molecular weight excluding hydrogens is 306 g/mol. The standard InChI is InChI=1S/C10H11BrClN5/c1-17-9(5-14-16-17)10(15-13)7-3-2-6(12)4-8(7)11/h2-5,10,15H,13H2,1H3. The molecule has 7 heteroatoms. The molecular formula is C10H11BrClN5. The van der Waals surface area contributed by atoms with E-state index in [2.05, 4.69) is 31.7 Å². The molecule has 0 saturated carbocycles. The fourth-order valence-electron chi connectivity index (χ4n) is 1.63. The number of nitrogens with one attached hydrogen (secondary N) is 1.